The van der Waals surface area contributed by atoms with Crippen molar-refractivity contribution in [3.8, 4) is 0 Å². The second-order valence-electron chi connectivity index (χ2n) is 6.14. The van der Waals surface area contributed by atoms with Gasteiger partial charge in [0.05, 0.1) is 18.7 Å². The Balaban J connectivity index is 1.34. The third-order valence-electron chi connectivity index (χ3n) is 4.67. The number of nitrogens with one attached hydrogen (secondary N) is 1. The van der Waals surface area contributed by atoms with Crippen molar-refractivity contribution < 1.29 is 9.53 Å². The van der Waals surface area contributed by atoms with E-state index in [0.29, 0.717) is 6.54 Å². The molecule has 3 atom stereocenters. The van der Waals surface area contributed by atoms with Crippen molar-refractivity contribution in [3.05, 3.63) is 40.8 Å². The number of fused-ring (bicyclic) bond motifs is 1. The van der Waals surface area contributed by atoms with Crippen LogP contribution >= 0.6 is 11.3 Å². The summed E-state index contributed by atoms with van der Waals surface area (Å²) in [4.78, 5) is 24.4. The zero-order valence-electron chi connectivity index (χ0n) is 13.3. The zero-order chi connectivity index (χ0) is 16.4. The molecule has 0 spiro atoms. The van der Waals surface area contributed by atoms with Crippen LogP contribution in [0.4, 0.5) is 5.95 Å². The Morgan fingerprint density at radius 1 is 1.29 bits per heavy atom. The number of ether oxygens (including phenoxy) is 1. The third-order valence-corrected chi connectivity index (χ3v) is 5.54. The number of amides is 1. The van der Waals surface area contributed by atoms with Crippen LogP contribution in [0.25, 0.3) is 0 Å². The lowest BCUT2D eigenvalue weighted by molar-refractivity contribution is -0.141. The molecule has 2 fully saturated rings. The quantitative estimate of drug-likeness (QED) is 0.919. The van der Waals surface area contributed by atoms with Crippen LogP contribution in [0.5, 0.6) is 0 Å². The molecule has 0 aromatic carbocycles. The topological polar surface area (TPSA) is 67.4 Å². The van der Waals surface area contributed by atoms with Gasteiger partial charge in [-0.2, -0.15) is 0 Å². The number of nitrogens with zero attached hydrogens (tertiary/aromatic N) is 3. The highest BCUT2D eigenvalue weighted by Crippen LogP contribution is 2.33. The second-order valence-corrected chi connectivity index (χ2v) is 7.17. The lowest BCUT2D eigenvalue weighted by Crippen LogP contribution is -2.48. The first kappa shape index (κ1) is 15.5. The average Bonchev–Trinajstić information content (AvgIpc) is 3.29. The van der Waals surface area contributed by atoms with Gasteiger partial charge in [0.25, 0.3) is 0 Å². The molecule has 6 nitrogen and oxygen atoms in total. The monoisotopic (exact) mass is 344 g/mol. The molecule has 2 aliphatic heterocycles. The van der Waals surface area contributed by atoms with Crippen molar-refractivity contribution in [1.29, 1.82) is 0 Å². The molecule has 0 unspecified atom stereocenters. The summed E-state index contributed by atoms with van der Waals surface area (Å²) in [5.74, 6) is 0.755. The van der Waals surface area contributed by atoms with Gasteiger partial charge >= 0.3 is 0 Å². The van der Waals surface area contributed by atoms with E-state index in [0.717, 1.165) is 36.6 Å². The first-order chi connectivity index (χ1) is 11.8. The SMILES string of the molecule is O=C(NCc1cccs1)[C@@H]1CC[C@@H]2[C@@H](CCN2c2ncccn2)O1. The third kappa shape index (κ3) is 3.14. The van der Waals surface area contributed by atoms with Crippen LogP contribution < -0.4 is 10.2 Å². The molecule has 0 bridgehead atoms. The molecule has 24 heavy (non-hydrogen) atoms. The maximum absolute atomic E-state index is 12.4. The summed E-state index contributed by atoms with van der Waals surface area (Å²) < 4.78 is 6.09. The summed E-state index contributed by atoms with van der Waals surface area (Å²) in [6, 6.07) is 6.11. The predicted octanol–water partition coefficient (Wildman–Crippen LogP) is 1.98. The highest BCUT2D eigenvalue weighted by atomic mass is 32.1. The summed E-state index contributed by atoms with van der Waals surface area (Å²) in [6.45, 7) is 1.46. The molecular formula is C17H20N4O2S. The average molecular weight is 344 g/mol. The lowest BCUT2D eigenvalue weighted by Gasteiger charge is -2.35. The van der Waals surface area contributed by atoms with E-state index in [1.54, 1.807) is 23.7 Å². The first-order valence-corrected chi connectivity index (χ1v) is 9.18. The van der Waals surface area contributed by atoms with Gasteiger partial charge in [-0.15, -0.1) is 11.3 Å². The number of carbonyl (C=O) groups excluding carboxylic acids is 1. The van der Waals surface area contributed by atoms with Crippen LogP contribution in [0.15, 0.2) is 36.0 Å². The van der Waals surface area contributed by atoms with Gasteiger partial charge in [0.2, 0.25) is 11.9 Å². The smallest absolute Gasteiger partial charge is 0.249 e. The largest absolute Gasteiger partial charge is 0.363 e. The van der Waals surface area contributed by atoms with E-state index in [2.05, 4.69) is 20.2 Å². The van der Waals surface area contributed by atoms with Crippen molar-refractivity contribution in [1.82, 2.24) is 15.3 Å². The van der Waals surface area contributed by atoms with E-state index in [1.165, 1.54) is 0 Å². The van der Waals surface area contributed by atoms with Crippen LogP contribution in [0.2, 0.25) is 0 Å². The Hall–Kier alpha value is -1.99. The van der Waals surface area contributed by atoms with Crippen molar-refractivity contribution >= 4 is 23.2 Å². The van der Waals surface area contributed by atoms with Gasteiger partial charge in [0.1, 0.15) is 6.10 Å². The maximum Gasteiger partial charge on any atom is 0.249 e. The van der Waals surface area contributed by atoms with Gasteiger partial charge in [0.15, 0.2) is 0 Å². The number of thiophene rings is 1. The number of hydrogen-bond donors (Lipinski definition) is 1. The van der Waals surface area contributed by atoms with Crippen molar-refractivity contribution in [3.63, 3.8) is 0 Å². The molecule has 2 saturated heterocycles. The van der Waals surface area contributed by atoms with E-state index in [-0.39, 0.29) is 24.2 Å². The standard InChI is InChI=1S/C17H20N4O2S/c22-16(20-11-12-3-1-10-24-12)15-5-4-13-14(23-15)6-9-21(13)17-18-7-2-8-19-17/h1-3,7-8,10,13-15H,4-6,9,11H2,(H,20,22)/t13-,14-,15+/m1/s1. The van der Waals surface area contributed by atoms with Crippen LogP contribution in [-0.2, 0) is 16.1 Å². The Bertz CT molecular complexity index is 679. The molecular weight excluding hydrogens is 324 g/mol. The minimum atomic E-state index is -0.345. The predicted molar refractivity (Wildman–Crippen MR) is 91.8 cm³/mol. The lowest BCUT2D eigenvalue weighted by atomic mass is 9.99. The Kier molecular flexibility index (Phi) is 4.44. The minimum Gasteiger partial charge on any atom is -0.363 e. The fraction of sp³-hybridized carbons (Fsp3) is 0.471. The van der Waals surface area contributed by atoms with Crippen molar-refractivity contribution in [2.24, 2.45) is 0 Å². The van der Waals surface area contributed by atoms with Crippen LogP contribution in [0, 0.1) is 0 Å². The maximum atomic E-state index is 12.4. The molecule has 4 heterocycles. The highest BCUT2D eigenvalue weighted by molar-refractivity contribution is 7.09. The fourth-order valence-electron chi connectivity index (χ4n) is 3.51. The van der Waals surface area contributed by atoms with E-state index < -0.39 is 0 Å². The summed E-state index contributed by atoms with van der Waals surface area (Å²) >= 11 is 1.65. The summed E-state index contributed by atoms with van der Waals surface area (Å²) in [7, 11) is 0. The number of carbonyl (C=O) groups is 1. The molecule has 126 valence electrons. The molecule has 1 amide bonds. The molecule has 4 rings (SSSR count). The zero-order valence-corrected chi connectivity index (χ0v) is 14.1. The number of rotatable bonds is 4. The molecule has 0 saturated carbocycles. The molecule has 0 radical (unpaired) electrons. The minimum absolute atomic E-state index is 0.00346. The van der Waals surface area contributed by atoms with Crippen molar-refractivity contribution in [2.45, 2.75) is 44.1 Å². The summed E-state index contributed by atoms with van der Waals surface area (Å²) in [5, 5.41) is 5.00. The Morgan fingerprint density at radius 3 is 2.96 bits per heavy atom. The van der Waals surface area contributed by atoms with Crippen LogP contribution in [0.3, 0.4) is 0 Å². The van der Waals surface area contributed by atoms with E-state index in [1.807, 2.05) is 23.6 Å². The van der Waals surface area contributed by atoms with E-state index in [4.69, 9.17) is 4.74 Å². The highest BCUT2D eigenvalue weighted by Gasteiger charge is 2.42. The van der Waals surface area contributed by atoms with E-state index >= 15 is 0 Å². The first-order valence-electron chi connectivity index (χ1n) is 8.30. The van der Waals surface area contributed by atoms with Gasteiger partial charge in [-0.3, -0.25) is 4.79 Å². The molecule has 2 aromatic heterocycles. The van der Waals surface area contributed by atoms with Gasteiger partial charge in [-0.05, 0) is 36.8 Å². The molecule has 0 aliphatic carbocycles. The van der Waals surface area contributed by atoms with Crippen molar-refractivity contribution in [2.75, 3.05) is 11.4 Å². The van der Waals surface area contributed by atoms with Gasteiger partial charge in [0, 0.05) is 23.8 Å². The Labute approximate surface area is 144 Å². The second kappa shape index (κ2) is 6.86. The molecule has 1 N–H and O–H groups in total. The van der Waals surface area contributed by atoms with Crippen LogP contribution in [-0.4, -0.2) is 40.7 Å². The summed E-state index contributed by atoms with van der Waals surface area (Å²) in [6.07, 6.45) is 5.85. The normalized spacial score (nSPS) is 26.2. The number of hydrogen-bond acceptors (Lipinski definition) is 6. The molecule has 2 aliphatic rings. The number of anilines is 1. The van der Waals surface area contributed by atoms with Gasteiger partial charge in [-0.1, -0.05) is 6.07 Å². The molecule has 7 heteroatoms. The fourth-order valence-corrected chi connectivity index (χ4v) is 4.15. The van der Waals surface area contributed by atoms with Crippen LogP contribution in [0.1, 0.15) is 24.1 Å². The summed E-state index contributed by atoms with van der Waals surface area (Å²) in [5.41, 5.74) is 0. The molecule has 2 aromatic rings. The number of aromatic nitrogens is 2. The van der Waals surface area contributed by atoms with Gasteiger partial charge in [-0.25, -0.2) is 9.97 Å². The Morgan fingerprint density at radius 2 is 2.17 bits per heavy atom. The van der Waals surface area contributed by atoms with E-state index in [9.17, 15) is 4.79 Å². The van der Waals surface area contributed by atoms with Gasteiger partial charge < -0.3 is 15.0 Å².